The molecule has 210 valence electrons. The number of aliphatic hydroxyl groups excluding tert-OH is 2. The Morgan fingerprint density at radius 1 is 0.703 bits per heavy atom. The molecular weight excluding hydrogens is 460 g/mol. The largest absolute Gasteiger partial charge is 0.396 e. The molecule has 37 heavy (non-hydrogen) atoms. The molecule has 1 aromatic heterocycles. The van der Waals surface area contributed by atoms with Gasteiger partial charge < -0.3 is 19.8 Å². The van der Waals surface area contributed by atoms with Crippen molar-refractivity contribution < 1.29 is 14.9 Å². The molecule has 0 saturated carbocycles. The molecule has 0 atom stereocenters. The first-order valence-corrected chi connectivity index (χ1v) is 14.2. The molecule has 0 unspecified atom stereocenters. The van der Waals surface area contributed by atoms with Crippen molar-refractivity contribution in [1.29, 1.82) is 0 Å². The van der Waals surface area contributed by atoms with Gasteiger partial charge in [-0.05, 0) is 37.1 Å². The van der Waals surface area contributed by atoms with Gasteiger partial charge in [0.15, 0.2) is 0 Å². The van der Waals surface area contributed by atoms with Crippen LogP contribution in [0.2, 0.25) is 0 Å². The van der Waals surface area contributed by atoms with E-state index in [0.29, 0.717) is 19.8 Å². The third-order valence-electron chi connectivity index (χ3n) is 4.58. The zero-order valence-electron chi connectivity index (χ0n) is 24.8. The normalized spacial score (nSPS) is 9.35. The van der Waals surface area contributed by atoms with Gasteiger partial charge in [-0.1, -0.05) is 98.2 Å². The van der Waals surface area contributed by atoms with Crippen molar-refractivity contribution in [3.63, 3.8) is 0 Å². The predicted molar refractivity (Wildman–Crippen MR) is 164 cm³/mol. The minimum absolute atomic E-state index is 0.0707. The number of benzene rings is 2. The molecule has 5 heteroatoms. The minimum Gasteiger partial charge on any atom is -0.396 e. The van der Waals surface area contributed by atoms with Gasteiger partial charge >= 0.3 is 0 Å². The van der Waals surface area contributed by atoms with Crippen LogP contribution >= 0.6 is 0 Å². The molecule has 0 saturated heterocycles. The molecule has 5 nitrogen and oxygen atoms in total. The molecular formula is C32H54N2O3. The van der Waals surface area contributed by atoms with Crippen LogP contribution in [0, 0.1) is 0 Å². The highest BCUT2D eigenvalue weighted by atomic mass is 16.5. The van der Waals surface area contributed by atoms with Gasteiger partial charge in [-0.25, -0.2) is 4.98 Å². The summed E-state index contributed by atoms with van der Waals surface area (Å²) in [6.45, 7) is 19.6. The number of aliphatic hydroxyl groups is 2. The molecule has 0 aliphatic carbocycles. The fourth-order valence-electron chi connectivity index (χ4n) is 3.05. The highest BCUT2D eigenvalue weighted by molar-refractivity contribution is 5.81. The van der Waals surface area contributed by atoms with Crippen LogP contribution in [-0.4, -0.2) is 54.7 Å². The van der Waals surface area contributed by atoms with E-state index >= 15 is 0 Å². The summed E-state index contributed by atoms with van der Waals surface area (Å²) in [4.78, 5) is 7.08. The van der Waals surface area contributed by atoms with E-state index in [1.54, 1.807) is 0 Å². The zero-order chi connectivity index (χ0) is 28.3. The summed E-state index contributed by atoms with van der Waals surface area (Å²) in [5.74, 6) is 0. The second-order valence-electron chi connectivity index (χ2n) is 7.69. The lowest BCUT2D eigenvalue weighted by Crippen LogP contribution is -2.28. The van der Waals surface area contributed by atoms with Crippen LogP contribution in [0.1, 0.15) is 74.7 Å². The molecule has 1 heterocycles. The van der Waals surface area contributed by atoms with Crippen molar-refractivity contribution in [3.05, 3.63) is 60.7 Å². The van der Waals surface area contributed by atoms with Gasteiger partial charge in [0.2, 0.25) is 0 Å². The second-order valence-corrected chi connectivity index (χ2v) is 7.69. The summed E-state index contributed by atoms with van der Waals surface area (Å²) in [6, 6.07) is 20.9. The lowest BCUT2D eigenvalue weighted by molar-refractivity contribution is 0.0966. The molecule has 0 aliphatic heterocycles. The van der Waals surface area contributed by atoms with Gasteiger partial charge in [0.25, 0.3) is 0 Å². The Morgan fingerprint density at radius 2 is 1.30 bits per heavy atom. The van der Waals surface area contributed by atoms with E-state index in [4.69, 9.17) is 19.9 Å². The fourth-order valence-corrected chi connectivity index (χ4v) is 3.05. The Bertz CT molecular complexity index is 867. The molecule has 0 fully saturated rings. The van der Waals surface area contributed by atoms with E-state index in [2.05, 4.69) is 68.1 Å². The van der Waals surface area contributed by atoms with Crippen molar-refractivity contribution in [2.24, 2.45) is 0 Å². The van der Waals surface area contributed by atoms with E-state index in [-0.39, 0.29) is 6.61 Å². The molecule has 0 spiro atoms. The average molecular weight is 515 g/mol. The lowest BCUT2D eigenvalue weighted by Gasteiger charge is -2.24. The number of aromatic nitrogens is 1. The average Bonchev–Trinajstić information content (AvgIpc) is 2.97. The Balaban J connectivity index is 0. The summed E-state index contributed by atoms with van der Waals surface area (Å²) >= 11 is 0. The van der Waals surface area contributed by atoms with Crippen LogP contribution in [0.3, 0.4) is 0 Å². The topological polar surface area (TPSA) is 65.8 Å². The standard InChI is InChI=1S/C22H26N2O2.C3H8O.C3H8.2C2H6/c1-2-13-24(14-16-26-17-15-25)20-10-7-19(8-11-20)22-12-9-18-5-3-4-6-21(18)23-22;1-2-3-4;1-3-2;2*1-2/h3-12,25H,2,13-17H2,1H3;4H,2-3H2,1H3;3H2,1-2H3;2*1-2H3. The van der Waals surface area contributed by atoms with Gasteiger partial charge in [-0.15, -0.1) is 0 Å². The number of para-hydroxylation sites is 1. The van der Waals surface area contributed by atoms with E-state index in [1.165, 1.54) is 12.1 Å². The lowest BCUT2D eigenvalue weighted by atomic mass is 10.1. The summed E-state index contributed by atoms with van der Waals surface area (Å²) in [6.07, 6.45) is 3.20. The van der Waals surface area contributed by atoms with Gasteiger partial charge in [0.1, 0.15) is 0 Å². The first kappa shape index (κ1) is 36.7. The van der Waals surface area contributed by atoms with E-state index in [1.807, 2.05) is 52.8 Å². The number of fused-ring (bicyclic) bond motifs is 1. The summed E-state index contributed by atoms with van der Waals surface area (Å²) in [7, 11) is 0. The van der Waals surface area contributed by atoms with E-state index in [9.17, 15) is 0 Å². The molecule has 3 rings (SSSR count). The monoisotopic (exact) mass is 514 g/mol. The van der Waals surface area contributed by atoms with Crippen LogP contribution in [0.4, 0.5) is 5.69 Å². The highest BCUT2D eigenvalue weighted by Crippen LogP contribution is 2.24. The van der Waals surface area contributed by atoms with E-state index in [0.717, 1.165) is 48.1 Å². The second kappa shape index (κ2) is 26.6. The smallest absolute Gasteiger partial charge is 0.0709 e. The van der Waals surface area contributed by atoms with Gasteiger partial charge in [0.05, 0.1) is 31.0 Å². The summed E-state index contributed by atoms with van der Waals surface area (Å²) in [5, 5.41) is 17.8. The molecule has 2 N–H and O–H groups in total. The number of ether oxygens (including phenoxy) is 1. The molecule has 0 bridgehead atoms. The van der Waals surface area contributed by atoms with Crippen LogP contribution < -0.4 is 4.90 Å². The Kier molecular flexibility index (Phi) is 26.4. The predicted octanol–water partition coefficient (Wildman–Crippen LogP) is 7.98. The molecule has 0 amide bonds. The highest BCUT2D eigenvalue weighted by Gasteiger charge is 2.07. The maximum Gasteiger partial charge on any atom is 0.0709 e. The number of hydrogen-bond acceptors (Lipinski definition) is 5. The Morgan fingerprint density at radius 3 is 1.84 bits per heavy atom. The van der Waals surface area contributed by atoms with Crippen molar-refractivity contribution in [1.82, 2.24) is 4.98 Å². The first-order chi connectivity index (χ1) is 18.1. The third-order valence-corrected chi connectivity index (χ3v) is 4.58. The third kappa shape index (κ3) is 16.1. The quantitative estimate of drug-likeness (QED) is 0.268. The number of nitrogens with zero attached hydrogens (tertiary/aromatic N) is 2. The maximum atomic E-state index is 8.81. The van der Waals surface area contributed by atoms with Crippen LogP contribution in [0.5, 0.6) is 0 Å². The molecule has 2 aromatic carbocycles. The summed E-state index contributed by atoms with van der Waals surface area (Å²) < 4.78 is 5.41. The number of pyridine rings is 1. The molecule has 3 aromatic rings. The van der Waals surface area contributed by atoms with Gasteiger partial charge in [0, 0.05) is 36.3 Å². The number of hydrogen-bond donors (Lipinski definition) is 2. The minimum atomic E-state index is 0.0707. The van der Waals surface area contributed by atoms with Gasteiger partial charge in [-0.2, -0.15) is 0 Å². The number of anilines is 1. The van der Waals surface area contributed by atoms with Crippen molar-refractivity contribution in [3.8, 4) is 11.3 Å². The maximum absolute atomic E-state index is 8.81. The summed E-state index contributed by atoms with van der Waals surface area (Å²) in [5.41, 5.74) is 4.31. The van der Waals surface area contributed by atoms with Crippen LogP contribution in [-0.2, 0) is 4.74 Å². The van der Waals surface area contributed by atoms with E-state index < -0.39 is 0 Å². The molecule has 0 radical (unpaired) electrons. The number of rotatable bonds is 10. The fraction of sp³-hybridized carbons (Fsp3) is 0.531. The Labute approximate surface area is 227 Å². The molecule has 0 aliphatic rings. The van der Waals surface area contributed by atoms with Crippen molar-refractivity contribution in [2.75, 3.05) is 44.4 Å². The first-order valence-electron chi connectivity index (χ1n) is 14.2. The van der Waals surface area contributed by atoms with Crippen molar-refractivity contribution >= 4 is 16.6 Å². The zero-order valence-corrected chi connectivity index (χ0v) is 24.8. The SMILES string of the molecule is CC.CC.CCC.CCCN(CCOCCO)c1ccc(-c2ccc3ccccc3n2)cc1.CCCO. The Hall–Kier alpha value is -2.47. The van der Waals surface area contributed by atoms with Crippen molar-refractivity contribution in [2.45, 2.75) is 74.7 Å². The van der Waals surface area contributed by atoms with Crippen LogP contribution in [0.25, 0.3) is 22.2 Å². The van der Waals surface area contributed by atoms with Crippen LogP contribution in [0.15, 0.2) is 60.7 Å². The van der Waals surface area contributed by atoms with Gasteiger partial charge in [-0.3, -0.25) is 0 Å².